The lowest BCUT2D eigenvalue weighted by Gasteiger charge is -2.17. The standard InChI is InChI=1S/C19H40/c1-7-17(2)16-18(3)14-12-10-8-9-11-13-15-19(4,5)6/h17-18H,7-16H2,1-6H3/t17-,18+/m0/s1. The molecule has 0 aromatic rings. The minimum Gasteiger partial charge on any atom is -0.0651 e. The van der Waals surface area contributed by atoms with Gasteiger partial charge in [0, 0.05) is 0 Å². The zero-order chi connectivity index (χ0) is 14.7. The average Bonchev–Trinajstić information content (AvgIpc) is 2.31. The minimum atomic E-state index is 0.533. The summed E-state index contributed by atoms with van der Waals surface area (Å²) in [5, 5.41) is 0. The van der Waals surface area contributed by atoms with Crippen LogP contribution >= 0.6 is 0 Å². The molecule has 0 aromatic carbocycles. The molecule has 0 spiro atoms. The predicted molar refractivity (Wildman–Crippen MR) is 89.6 cm³/mol. The van der Waals surface area contributed by atoms with Gasteiger partial charge in [-0.1, -0.05) is 92.9 Å². The van der Waals surface area contributed by atoms with Crippen LogP contribution in [0.2, 0.25) is 0 Å². The molecule has 116 valence electrons. The molecule has 0 aromatic heterocycles. The lowest BCUT2D eigenvalue weighted by atomic mass is 9.89. The topological polar surface area (TPSA) is 0 Å². The fourth-order valence-corrected chi connectivity index (χ4v) is 2.83. The zero-order valence-corrected chi connectivity index (χ0v) is 14.7. The van der Waals surface area contributed by atoms with Gasteiger partial charge in [0.25, 0.3) is 0 Å². The van der Waals surface area contributed by atoms with Gasteiger partial charge in [0.15, 0.2) is 0 Å². The van der Waals surface area contributed by atoms with Crippen LogP contribution in [0.5, 0.6) is 0 Å². The van der Waals surface area contributed by atoms with E-state index in [0.29, 0.717) is 5.41 Å². The van der Waals surface area contributed by atoms with Crippen molar-refractivity contribution < 1.29 is 0 Å². The number of unbranched alkanes of at least 4 members (excludes halogenated alkanes) is 5. The molecule has 0 rings (SSSR count). The molecular weight excluding hydrogens is 228 g/mol. The van der Waals surface area contributed by atoms with Crippen LogP contribution in [0.1, 0.15) is 106 Å². The minimum absolute atomic E-state index is 0.533. The molecule has 0 radical (unpaired) electrons. The highest BCUT2D eigenvalue weighted by molar-refractivity contribution is 4.61. The first-order chi connectivity index (χ1) is 8.85. The molecule has 0 saturated carbocycles. The van der Waals surface area contributed by atoms with Crippen LogP contribution in [0.3, 0.4) is 0 Å². The Labute approximate surface area is 123 Å². The Morgan fingerprint density at radius 1 is 0.737 bits per heavy atom. The van der Waals surface area contributed by atoms with Gasteiger partial charge in [0.1, 0.15) is 0 Å². The monoisotopic (exact) mass is 268 g/mol. The van der Waals surface area contributed by atoms with Crippen molar-refractivity contribution in [3.63, 3.8) is 0 Å². The van der Waals surface area contributed by atoms with E-state index in [1.807, 2.05) is 0 Å². The third kappa shape index (κ3) is 14.2. The molecule has 0 aliphatic heterocycles. The predicted octanol–water partition coefficient (Wildman–Crippen LogP) is 7.23. The van der Waals surface area contributed by atoms with Crippen molar-refractivity contribution in [2.24, 2.45) is 17.3 Å². The fraction of sp³-hybridized carbons (Fsp3) is 1.00. The molecule has 0 unspecified atom stereocenters. The van der Waals surface area contributed by atoms with Gasteiger partial charge >= 0.3 is 0 Å². The van der Waals surface area contributed by atoms with E-state index in [0.717, 1.165) is 11.8 Å². The summed E-state index contributed by atoms with van der Waals surface area (Å²) in [4.78, 5) is 0. The molecule has 0 aliphatic carbocycles. The third-order valence-corrected chi connectivity index (χ3v) is 4.38. The van der Waals surface area contributed by atoms with Crippen molar-refractivity contribution in [1.82, 2.24) is 0 Å². The van der Waals surface area contributed by atoms with Gasteiger partial charge in [-0.3, -0.25) is 0 Å². The highest BCUT2D eigenvalue weighted by atomic mass is 14.1. The van der Waals surface area contributed by atoms with Crippen LogP contribution in [0.4, 0.5) is 0 Å². The zero-order valence-electron chi connectivity index (χ0n) is 14.7. The fourth-order valence-electron chi connectivity index (χ4n) is 2.83. The van der Waals surface area contributed by atoms with Crippen LogP contribution in [0.15, 0.2) is 0 Å². The van der Waals surface area contributed by atoms with Crippen molar-refractivity contribution in [3.05, 3.63) is 0 Å². The van der Waals surface area contributed by atoms with Gasteiger partial charge in [-0.25, -0.2) is 0 Å². The molecule has 0 N–H and O–H groups in total. The SMILES string of the molecule is CC[C@H](C)C[C@H](C)CCCCCCCCC(C)(C)C. The molecule has 0 nitrogen and oxygen atoms in total. The first kappa shape index (κ1) is 19.0. The maximum atomic E-state index is 2.44. The Balaban J connectivity index is 3.27. The lowest BCUT2D eigenvalue weighted by Crippen LogP contribution is -2.04. The van der Waals surface area contributed by atoms with Crippen LogP contribution in [0, 0.1) is 17.3 Å². The summed E-state index contributed by atoms with van der Waals surface area (Å²) in [5.74, 6) is 1.86. The van der Waals surface area contributed by atoms with Crippen molar-refractivity contribution in [3.8, 4) is 0 Å². The second-order valence-electron chi connectivity index (χ2n) is 8.07. The van der Waals surface area contributed by atoms with E-state index in [1.165, 1.54) is 64.2 Å². The van der Waals surface area contributed by atoms with E-state index in [1.54, 1.807) is 0 Å². The number of rotatable bonds is 11. The van der Waals surface area contributed by atoms with E-state index in [9.17, 15) is 0 Å². The van der Waals surface area contributed by atoms with Crippen molar-refractivity contribution in [1.29, 1.82) is 0 Å². The smallest absolute Gasteiger partial charge is 0.0383 e. The van der Waals surface area contributed by atoms with Gasteiger partial charge in [-0.05, 0) is 30.1 Å². The van der Waals surface area contributed by atoms with E-state index in [-0.39, 0.29) is 0 Å². The summed E-state index contributed by atoms with van der Waals surface area (Å²) in [6, 6.07) is 0. The highest BCUT2D eigenvalue weighted by Crippen LogP contribution is 2.23. The molecule has 0 aliphatic rings. The molecular formula is C19H40. The summed E-state index contributed by atoms with van der Waals surface area (Å²) in [6.45, 7) is 14.2. The van der Waals surface area contributed by atoms with Crippen molar-refractivity contribution in [2.45, 2.75) is 106 Å². The van der Waals surface area contributed by atoms with Gasteiger partial charge in [-0.15, -0.1) is 0 Å². The van der Waals surface area contributed by atoms with Gasteiger partial charge in [0.2, 0.25) is 0 Å². The molecule has 0 heteroatoms. The molecule has 0 amide bonds. The van der Waals surface area contributed by atoms with Gasteiger partial charge in [0.05, 0.1) is 0 Å². The van der Waals surface area contributed by atoms with Crippen LogP contribution in [-0.2, 0) is 0 Å². The van der Waals surface area contributed by atoms with E-state index >= 15 is 0 Å². The Kier molecular flexibility index (Phi) is 10.7. The first-order valence-corrected chi connectivity index (χ1v) is 8.85. The van der Waals surface area contributed by atoms with Crippen LogP contribution in [-0.4, -0.2) is 0 Å². The second kappa shape index (κ2) is 10.7. The van der Waals surface area contributed by atoms with Crippen molar-refractivity contribution >= 4 is 0 Å². The maximum absolute atomic E-state index is 2.44. The Bertz CT molecular complexity index is 187. The Morgan fingerprint density at radius 2 is 1.26 bits per heavy atom. The van der Waals surface area contributed by atoms with Gasteiger partial charge < -0.3 is 0 Å². The molecule has 19 heavy (non-hydrogen) atoms. The lowest BCUT2D eigenvalue weighted by molar-refractivity contribution is 0.353. The van der Waals surface area contributed by atoms with Crippen molar-refractivity contribution in [2.75, 3.05) is 0 Å². The van der Waals surface area contributed by atoms with Crippen LogP contribution in [0.25, 0.3) is 0 Å². The normalized spacial score (nSPS) is 15.5. The largest absolute Gasteiger partial charge is 0.0651 e. The third-order valence-electron chi connectivity index (χ3n) is 4.38. The van der Waals surface area contributed by atoms with E-state index in [2.05, 4.69) is 41.5 Å². The molecule has 0 bridgehead atoms. The first-order valence-electron chi connectivity index (χ1n) is 8.85. The second-order valence-corrected chi connectivity index (χ2v) is 8.07. The van der Waals surface area contributed by atoms with E-state index < -0.39 is 0 Å². The van der Waals surface area contributed by atoms with Gasteiger partial charge in [-0.2, -0.15) is 0 Å². The van der Waals surface area contributed by atoms with Crippen LogP contribution < -0.4 is 0 Å². The highest BCUT2D eigenvalue weighted by Gasteiger charge is 2.09. The average molecular weight is 269 g/mol. The Morgan fingerprint density at radius 3 is 1.79 bits per heavy atom. The summed E-state index contributed by atoms with van der Waals surface area (Å²) in [5.41, 5.74) is 0.533. The number of hydrogen-bond acceptors (Lipinski definition) is 0. The summed E-state index contributed by atoms with van der Waals surface area (Å²) in [6.07, 6.45) is 14.3. The van der Waals surface area contributed by atoms with E-state index in [4.69, 9.17) is 0 Å². The molecule has 0 heterocycles. The maximum Gasteiger partial charge on any atom is -0.0383 e. The quantitative estimate of drug-likeness (QED) is 0.347. The molecule has 2 atom stereocenters. The molecule has 0 fully saturated rings. The summed E-state index contributed by atoms with van der Waals surface area (Å²) in [7, 11) is 0. The summed E-state index contributed by atoms with van der Waals surface area (Å²) >= 11 is 0. The molecule has 0 saturated heterocycles. The summed E-state index contributed by atoms with van der Waals surface area (Å²) < 4.78 is 0. The Hall–Kier alpha value is 0. The number of hydrogen-bond donors (Lipinski definition) is 0.